The molecule has 0 bridgehead atoms. The summed E-state index contributed by atoms with van der Waals surface area (Å²) in [7, 11) is 2.07. The summed E-state index contributed by atoms with van der Waals surface area (Å²) in [5, 5.41) is 0.324. The van der Waals surface area contributed by atoms with Crippen LogP contribution in [0, 0.1) is 5.82 Å². The van der Waals surface area contributed by atoms with E-state index in [9.17, 15) is 9.18 Å². The van der Waals surface area contributed by atoms with Gasteiger partial charge in [0.1, 0.15) is 5.82 Å². The lowest BCUT2D eigenvalue weighted by atomic mass is 9.97. The molecule has 0 saturated carbocycles. The van der Waals surface area contributed by atoms with Crippen molar-refractivity contribution in [2.24, 2.45) is 0 Å². The fraction of sp³-hybridized carbons (Fsp3) is 0.471. The molecule has 0 aromatic heterocycles. The Kier molecular flexibility index (Phi) is 5.98. The van der Waals surface area contributed by atoms with E-state index in [0.717, 1.165) is 25.0 Å². The number of hydrogen-bond acceptors (Lipinski definition) is 3. The highest BCUT2D eigenvalue weighted by molar-refractivity contribution is 6.30. The van der Waals surface area contributed by atoms with E-state index in [2.05, 4.69) is 11.9 Å². The average Bonchev–Trinajstić information content (AvgIpc) is 2.83. The Balaban J connectivity index is 2.29. The molecule has 1 aromatic rings. The zero-order valence-corrected chi connectivity index (χ0v) is 13.7. The first kappa shape index (κ1) is 17.0. The second-order valence-corrected chi connectivity index (χ2v) is 6.00. The summed E-state index contributed by atoms with van der Waals surface area (Å²) in [6, 6.07) is 4.70. The van der Waals surface area contributed by atoms with Gasteiger partial charge < -0.3 is 9.64 Å². The van der Waals surface area contributed by atoms with Crippen LogP contribution in [0.5, 0.6) is 0 Å². The van der Waals surface area contributed by atoms with Crippen molar-refractivity contribution in [2.75, 3.05) is 20.2 Å². The monoisotopic (exact) mass is 325 g/mol. The highest BCUT2D eigenvalue weighted by Crippen LogP contribution is 2.29. The van der Waals surface area contributed by atoms with E-state index in [-0.39, 0.29) is 0 Å². The van der Waals surface area contributed by atoms with Gasteiger partial charge in [0.2, 0.25) is 0 Å². The van der Waals surface area contributed by atoms with Crippen LogP contribution in [0.2, 0.25) is 5.02 Å². The predicted octanol–water partition coefficient (Wildman–Crippen LogP) is 3.91. The number of halogens is 2. The fourth-order valence-corrected chi connectivity index (χ4v) is 3.04. The fourth-order valence-electron chi connectivity index (χ4n) is 2.82. The van der Waals surface area contributed by atoms with E-state index < -0.39 is 11.8 Å². The molecule has 1 atom stereocenters. The molecule has 1 saturated heterocycles. The smallest absolute Gasteiger partial charge is 0.331 e. The van der Waals surface area contributed by atoms with Gasteiger partial charge in [-0.3, -0.25) is 0 Å². The van der Waals surface area contributed by atoms with Crippen molar-refractivity contribution in [3.05, 3.63) is 40.7 Å². The van der Waals surface area contributed by atoms with Gasteiger partial charge in [0, 0.05) is 17.1 Å². The topological polar surface area (TPSA) is 29.5 Å². The minimum Gasteiger partial charge on any atom is -0.463 e. The molecule has 1 heterocycles. The quantitative estimate of drug-likeness (QED) is 0.607. The molecule has 3 nitrogen and oxygen atoms in total. The van der Waals surface area contributed by atoms with E-state index in [0.29, 0.717) is 29.7 Å². The summed E-state index contributed by atoms with van der Waals surface area (Å²) >= 11 is 5.94. The van der Waals surface area contributed by atoms with Crippen LogP contribution in [-0.4, -0.2) is 37.1 Å². The van der Waals surface area contributed by atoms with Crippen molar-refractivity contribution >= 4 is 23.1 Å². The van der Waals surface area contributed by atoms with Gasteiger partial charge in [-0.15, -0.1) is 0 Å². The summed E-state index contributed by atoms with van der Waals surface area (Å²) in [4.78, 5) is 14.1. The lowest BCUT2D eigenvalue weighted by molar-refractivity contribution is -0.137. The number of esters is 1. The van der Waals surface area contributed by atoms with E-state index in [4.69, 9.17) is 16.3 Å². The highest BCUT2D eigenvalue weighted by atomic mass is 35.5. The first-order chi connectivity index (χ1) is 10.5. The molecule has 0 radical (unpaired) electrons. The number of ether oxygens (including phenoxy) is 1. The lowest BCUT2D eigenvalue weighted by Crippen LogP contribution is -2.25. The molecule has 0 unspecified atom stereocenters. The van der Waals surface area contributed by atoms with Gasteiger partial charge in [-0.25, -0.2) is 9.18 Å². The average molecular weight is 326 g/mol. The minimum absolute atomic E-state index is 0.315. The molecule has 5 heteroatoms. The van der Waals surface area contributed by atoms with Crippen LogP contribution in [0.1, 0.15) is 31.7 Å². The molecule has 1 fully saturated rings. The summed E-state index contributed by atoms with van der Waals surface area (Å²) in [6.07, 6.45) is 4.34. The maximum atomic E-state index is 13.6. The lowest BCUT2D eigenvalue weighted by Gasteiger charge is -2.21. The van der Waals surface area contributed by atoms with Crippen LogP contribution in [0.3, 0.4) is 0 Å². The molecule has 120 valence electrons. The summed E-state index contributed by atoms with van der Waals surface area (Å²) < 4.78 is 18.6. The zero-order valence-electron chi connectivity index (χ0n) is 12.9. The number of carbonyl (C=O) groups is 1. The Labute approximate surface area is 135 Å². The third-order valence-electron chi connectivity index (χ3n) is 3.94. The van der Waals surface area contributed by atoms with E-state index >= 15 is 0 Å². The largest absolute Gasteiger partial charge is 0.463 e. The normalized spacial score (nSPS) is 19.5. The molecule has 0 aliphatic carbocycles. The van der Waals surface area contributed by atoms with E-state index in [1.54, 1.807) is 13.0 Å². The SMILES string of the molecule is CCOC(=O)/C=C(/C[C@@H]1CCCN1C)c1cc(F)cc(Cl)c1. The molecule has 2 rings (SSSR count). The highest BCUT2D eigenvalue weighted by Gasteiger charge is 2.23. The predicted molar refractivity (Wildman–Crippen MR) is 86.3 cm³/mol. The molecule has 1 aliphatic rings. The Morgan fingerprint density at radius 1 is 1.50 bits per heavy atom. The van der Waals surface area contributed by atoms with Crippen LogP contribution in [-0.2, 0) is 9.53 Å². The number of rotatable bonds is 5. The first-order valence-electron chi connectivity index (χ1n) is 7.53. The van der Waals surface area contributed by atoms with Crippen molar-refractivity contribution in [1.82, 2.24) is 4.90 Å². The third-order valence-corrected chi connectivity index (χ3v) is 4.16. The van der Waals surface area contributed by atoms with Crippen molar-refractivity contribution in [3.63, 3.8) is 0 Å². The number of carbonyl (C=O) groups excluding carboxylic acids is 1. The Bertz CT molecular complexity index is 554. The molecule has 22 heavy (non-hydrogen) atoms. The van der Waals surface area contributed by atoms with Gasteiger partial charge in [0.15, 0.2) is 0 Å². The van der Waals surface area contributed by atoms with Gasteiger partial charge in [-0.2, -0.15) is 0 Å². The van der Waals surface area contributed by atoms with Crippen molar-refractivity contribution in [3.8, 4) is 0 Å². The number of benzene rings is 1. The zero-order chi connectivity index (χ0) is 16.1. The van der Waals surface area contributed by atoms with Crippen LogP contribution in [0.15, 0.2) is 24.3 Å². The number of nitrogens with zero attached hydrogens (tertiary/aromatic N) is 1. The van der Waals surface area contributed by atoms with Crippen LogP contribution in [0.25, 0.3) is 5.57 Å². The van der Waals surface area contributed by atoms with Gasteiger partial charge in [0.05, 0.1) is 6.61 Å². The van der Waals surface area contributed by atoms with Crippen LogP contribution >= 0.6 is 11.6 Å². The van der Waals surface area contributed by atoms with E-state index in [1.807, 2.05) is 0 Å². The van der Waals surface area contributed by atoms with Crippen molar-refractivity contribution in [2.45, 2.75) is 32.2 Å². The second-order valence-electron chi connectivity index (χ2n) is 5.56. The maximum Gasteiger partial charge on any atom is 0.331 e. The molecule has 1 aromatic carbocycles. The van der Waals surface area contributed by atoms with Crippen LogP contribution in [0.4, 0.5) is 4.39 Å². The maximum absolute atomic E-state index is 13.6. The van der Waals surface area contributed by atoms with Crippen molar-refractivity contribution < 1.29 is 13.9 Å². The molecule has 0 amide bonds. The molecular formula is C17H21ClFNO2. The standard InChI is InChI=1S/C17H21ClFNO2/c1-3-22-17(21)10-13(9-16-5-4-6-20(16)2)12-7-14(18)11-15(19)8-12/h7-8,10-11,16H,3-6,9H2,1-2H3/b13-10-/t16-/m0/s1. The summed E-state index contributed by atoms with van der Waals surface area (Å²) in [6.45, 7) is 3.12. The minimum atomic E-state index is -0.406. The summed E-state index contributed by atoms with van der Waals surface area (Å²) in [5.41, 5.74) is 1.40. The molecular weight excluding hydrogens is 305 g/mol. The van der Waals surface area contributed by atoms with Gasteiger partial charge in [-0.05, 0) is 69.1 Å². The second kappa shape index (κ2) is 7.75. The Morgan fingerprint density at radius 3 is 2.86 bits per heavy atom. The van der Waals surface area contributed by atoms with Gasteiger partial charge in [0.25, 0.3) is 0 Å². The Hall–Kier alpha value is -1.39. The van der Waals surface area contributed by atoms with Crippen LogP contribution < -0.4 is 0 Å². The van der Waals surface area contributed by atoms with Crippen molar-refractivity contribution in [1.29, 1.82) is 0 Å². The number of likely N-dealkylation sites (tertiary alicyclic amines) is 1. The molecule has 0 N–H and O–H groups in total. The third kappa shape index (κ3) is 4.55. The van der Waals surface area contributed by atoms with Gasteiger partial charge >= 0.3 is 5.97 Å². The molecule has 0 spiro atoms. The van der Waals surface area contributed by atoms with E-state index in [1.165, 1.54) is 18.2 Å². The first-order valence-corrected chi connectivity index (χ1v) is 7.91. The molecule has 1 aliphatic heterocycles. The summed E-state index contributed by atoms with van der Waals surface area (Å²) in [5.74, 6) is -0.810. The Morgan fingerprint density at radius 2 is 2.27 bits per heavy atom. The van der Waals surface area contributed by atoms with Gasteiger partial charge in [-0.1, -0.05) is 11.6 Å². The number of hydrogen-bond donors (Lipinski definition) is 0.